The zero-order chi connectivity index (χ0) is 12.5. The minimum Gasteiger partial charge on any atom is -0.381 e. The van der Waals surface area contributed by atoms with Gasteiger partial charge in [0.2, 0.25) is 10.0 Å². The highest BCUT2D eigenvalue weighted by molar-refractivity contribution is 9.10. The highest BCUT2D eigenvalue weighted by Gasteiger charge is 2.17. The van der Waals surface area contributed by atoms with Gasteiger partial charge >= 0.3 is 0 Å². The third-order valence-corrected chi connectivity index (χ3v) is 5.29. The van der Waals surface area contributed by atoms with Gasteiger partial charge in [0.05, 0.1) is 4.90 Å². The van der Waals surface area contributed by atoms with Crippen LogP contribution in [0.1, 0.15) is 6.42 Å². The minimum absolute atomic E-state index is 0.121. The van der Waals surface area contributed by atoms with E-state index in [1.54, 1.807) is 6.07 Å². The van der Waals surface area contributed by atoms with Crippen LogP contribution >= 0.6 is 27.7 Å². The highest BCUT2D eigenvalue weighted by Crippen LogP contribution is 2.28. The van der Waals surface area contributed by atoms with Crippen LogP contribution in [0.4, 0.5) is 5.69 Å². The Bertz CT molecular complexity index is 513. The summed E-state index contributed by atoms with van der Waals surface area (Å²) in [6.45, 7) is 0. The van der Waals surface area contributed by atoms with Gasteiger partial charge in [-0.1, -0.05) is 0 Å². The van der Waals surface area contributed by atoms with Gasteiger partial charge in [-0.3, -0.25) is 0 Å². The molecular weight excluding hydrogens is 324 g/mol. The smallest absolute Gasteiger partial charge is 0.238 e. The Balaban J connectivity index is 2.19. The molecule has 0 saturated carbocycles. The van der Waals surface area contributed by atoms with E-state index in [9.17, 15) is 8.42 Å². The molecule has 7 heteroatoms. The van der Waals surface area contributed by atoms with E-state index in [1.807, 2.05) is 11.8 Å². The molecular formula is C10H13BrN2O2S2. The number of halogens is 1. The molecule has 1 aliphatic heterocycles. The number of hydrogen-bond acceptors (Lipinski definition) is 4. The van der Waals surface area contributed by atoms with Crippen LogP contribution in [0.3, 0.4) is 0 Å². The van der Waals surface area contributed by atoms with Crippen LogP contribution in [0.5, 0.6) is 0 Å². The first-order valence-electron chi connectivity index (χ1n) is 5.13. The monoisotopic (exact) mass is 336 g/mol. The average Bonchev–Trinajstić information content (AvgIpc) is 2.72. The molecule has 3 N–H and O–H groups in total. The van der Waals surface area contributed by atoms with Gasteiger partial charge in [-0.25, -0.2) is 13.6 Å². The fraction of sp³-hybridized carbons (Fsp3) is 0.400. The molecule has 0 bridgehead atoms. The maximum Gasteiger partial charge on any atom is 0.238 e. The summed E-state index contributed by atoms with van der Waals surface area (Å²) < 4.78 is 23.1. The second kappa shape index (κ2) is 5.17. The summed E-state index contributed by atoms with van der Waals surface area (Å²) in [7, 11) is -3.63. The molecule has 0 amide bonds. The number of primary sulfonamides is 1. The number of thioether (sulfide) groups is 1. The fourth-order valence-corrected chi connectivity index (χ4v) is 4.00. The van der Waals surface area contributed by atoms with Gasteiger partial charge in [0.15, 0.2) is 0 Å². The summed E-state index contributed by atoms with van der Waals surface area (Å²) in [5.41, 5.74) is 0.907. The number of hydrogen-bond donors (Lipinski definition) is 2. The van der Waals surface area contributed by atoms with Crippen LogP contribution in [0.25, 0.3) is 0 Å². The molecule has 0 aromatic heterocycles. The Labute approximate surface area is 114 Å². The molecule has 1 fully saturated rings. The topological polar surface area (TPSA) is 72.2 Å². The number of nitrogens with one attached hydrogen (secondary N) is 1. The lowest BCUT2D eigenvalue weighted by Crippen LogP contribution is -2.18. The van der Waals surface area contributed by atoms with Crippen molar-refractivity contribution in [1.29, 1.82) is 0 Å². The second-order valence-electron chi connectivity index (χ2n) is 3.89. The van der Waals surface area contributed by atoms with Crippen molar-refractivity contribution in [2.24, 2.45) is 5.14 Å². The van der Waals surface area contributed by atoms with Crippen LogP contribution in [-0.4, -0.2) is 26.0 Å². The van der Waals surface area contributed by atoms with E-state index in [4.69, 9.17) is 5.14 Å². The lowest BCUT2D eigenvalue weighted by Gasteiger charge is -2.14. The number of sulfonamides is 1. The van der Waals surface area contributed by atoms with Crippen molar-refractivity contribution in [2.45, 2.75) is 17.4 Å². The van der Waals surface area contributed by atoms with E-state index in [2.05, 4.69) is 21.2 Å². The predicted octanol–water partition coefficient (Wildman–Crippen LogP) is 2.01. The lowest BCUT2D eigenvalue weighted by molar-refractivity contribution is 0.598. The summed E-state index contributed by atoms with van der Waals surface area (Å²) in [5, 5.41) is 8.45. The van der Waals surface area contributed by atoms with Crippen molar-refractivity contribution < 1.29 is 8.42 Å². The van der Waals surface area contributed by atoms with E-state index < -0.39 is 10.0 Å². The third-order valence-electron chi connectivity index (χ3n) is 2.56. The van der Waals surface area contributed by atoms with Gasteiger partial charge in [0, 0.05) is 22.0 Å². The summed E-state index contributed by atoms with van der Waals surface area (Å²) in [6.07, 6.45) is 1.13. The lowest BCUT2D eigenvalue weighted by atomic mass is 10.2. The largest absolute Gasteiger partial charge is 0.381 e. The molecule has 1 aromatic rings. The molecule has 1 aliphatic rings. The quantitative estimate of drug-likeness (QED) is 0.885. The van der Waals surface area contributed by atoms with E-state index in [0.717, 1.165) is 22.3 Å². The third kappa shape index (κ3) is 3.37. The van der Waals surface area contributed by atoms with Crippen LogP contribution in [0.15, 0.2) is 27.6 Å². The molecule has 1 heterocycles. The van der Waals surface area contributed by atoms with Crippen LogP contribution in [0, 0.1) is 0 Å². The van der Waals surface area contributed by atoms with Crippen molar-refractivity contribution in [1.82, 2.24) is 0 Å². The molecule has 1 aromatic carbocycles. The highest BCUT2D eigenvalue weighted by atomic mass is 79.9. The van der Waals surface area contributed by atoms with Gasteiger partial charge in [0.1, 0.15) is 0 Å². The Hall–Kier alpha value is -0.240. The molecule has 17 heavy (non-hydrogen) atoms. The SMILES string of the molecule is NS(=O)(=O)c1ccc(NC2CCSC2)c(Br)c1. The van der Waals surface area contributed by atoms with Crippen molar-refractivity contribution >= 4 is 43.4 Å². The number of nitrogens with two attached hydrogens (primary N) is 1. The van der Waals surface area contributed by atoms with Gasteiger partial charge in [-0.05, 0) is 46.3 Å². The van der Waals surface area contributed by atoms with Crippen LogP contribution in [0.2, 0.25) is 0 Å². The first kappa shape index (κ1) is 13.2. The zero-order valence-corrected chi connectivity index (χ0v) is 12.2. The maximum atomic E-state index is 11.2. The van der Waals surface area contributed by atoms with Gasteiger partial charge in [0.25, 0.3) is 0 Å². The van der Waals surface area contributed by atoms with E-state index in [0.29, 0.717) is 6.04 Å². The van der Waals surface area contributed by atoms with Crippen LogP contribution < -0.4 is 10.5 Å². The Kier molecular flexibility index (Phi) is 4.02. The molecule has 1 unspecified atom stereocenters. The molecule has 0 aliphatic carbocycles. The minimum atomic E-state index is -3.63. The Morgan fingerprint density at radius 1 is 1.47 bits per heavy atom. The summed E-state index contributed by atoms with van der Waals surface area (Å²) in [4.78, 5) is 0.121. The Morgan fingerprint density at radius 3 is 2.76 bits per heavy atom. The molecule has 94 valence electrons. The van der Waals surface area contributed by atoms with E-state index in [1.165, 1.54) is 17.9 Å². The summed E-state index contributed by atoms with van der Waals surface area (Å²) in [5.74, 6) is 2.26. The first-order valence-corrected chi connectivity index (χ1v) is 8.63. The van der Waals surface area contributed by atoms with Gasteiger partial charge in [-0.2, -0.15) is 11.8 Å². The average molecular weight is 337 g/mol. The van der Waals surface area contributed by atoms with E-state index in [-0.39, 0.29) is 4.90 Å². The zero-order valence-electron chi connectivity index (χ0n) is 9.02. The Morgan fingerprint density at radius 2 is 2.24 bits per heavy atom. The van der Waals surface area contributed by atoms with Gasteiger partial charge < -0.3 is 5.32 Å². The van der Waals surface area contributed by atoms with Crippen LogP contribution in [-0.2, 0) is 10.0 Å². The summed E-state index contributed by atoms with van der Waals surface area (Å²) in [6, 6.07) is 5.24. The molecule has 0 radical (unpaired) electrons. The maximum absolute atomic E-state index is 11.2. The van der Waals surface area contributed by atoms with Gasteiger partial charge in [-0.15, -0.1) is 0 Å². The normalized spacial score (nSPS) is 20.5. The molecule has 2 rings (SSSR count). The predicted molar refractivity (Wildman–Crippen MR) is 74.9 cm³/mol. The van der Waals surface area contributed by atoms with E-state index >= 15 is 0 Å². The van der Waals surface area contributed by atoms with Crippen molar-refractivity contribution in [3.8, 4) is 0 Å². The first-order chi connectivity index (χ1) is 7.97. The van der Waals surface area contributed by atoms with Crippen molar-refractivity contribution in [3.05, 3.63) is 22.7 Å². The number of benzene rings is 1. The standard InChI is InChI=1S/C10H13BrN2O2S2/c11-9-5-8(17(12,14)15)1-2-10(9)13-7-3-4-16-6-7/h1-2,5,7,13H,3-4,6H2,(H2,12,14,15). The molecule has 1 saturated heterocycles. The number of rotatable bonds is 3. The fourth-order valence-electron chi connectivity index (χ4n) is 1.66. The number of anilines is 1. The second-order valence-corrected chi connectivity index (χ2v) is 7.46. The molecule has 0 spiro atoms. The summed E-state index contributed by atoms with van der Waals surface area (Å²) >= 11 is 5.28. The molecule has 4 nitrogen and oxygen atoms in total. The molecule has 1 atom stereocenters. The van der Waals surface area contributed by atoms with Crippen molar-refractivity contribution in [2.75, 3.05) is 16.8 Å². The van der Waals surface area contributed by atoms with Crippen molar-refractivity contribution in [3.63, 3.8) is 0 Å².